The van der Waals surface area contributed by atoms with E-state index in [9.17, 15) is 9.59 Å². The Morgan fingerprint density at radius 1 is 1.39 bits per heavy atom. The Bertz CT molecular complexity index is 374. The van der Waals surface area contributed by atoms with Crippen LogP contribution in [0.15, 0.2) is 17.1 Å². The molecule has 1 atom stereocenters. The number of carbonyl (C=O) groups is 2. The van der Waals surface area contributed by atoms with E-state index < -0.39 is 11.9 Å². The zero-order valence-electron chi connectivity index (χ0n) is 11.0. The first kappa shape index (κ1) is 14.4. The van der Waals surface area contributed by atoms with Crippen LogP contribution < -0.4 is 5.32 Å². The summed E-state index contributed by atoms with van der Waals surface area (Å²) < 4.78 is 5.45. The van der Waals surface area contributed by atoms with Gasteiger partial charge in [-0.2, -0.15) is 4.99 Å². The molecule has 100 valence electrons. The molecule has 0 spiro atoms. The predicted octanol–water partition coefficient (Wildman–Crippen LogP) is 2.42. The molecule has 1 aliphatic heterocycles. The molecule has 0 aromatic heterocycles. The molecule has 3 amide bonds. The van der Waals surface area contributed by atoms with Crippen molar-refractivity contribution in [2.24, 2.45) is 10.9 Å². The van der Waals surface area contributed by atoms with Crippen LogP contribution in [0.2, 0.25) is 0 Å². The van der Waals surface area contributed by atoms with E-state index in [1.807, 2.05) is 0 Å². The highest BCUT2D eigenvalue weighted by atomic mass is 16.5. The summed E-state index contributed by atoms with van der Waals surface area (Å²) in [6.45, 7) is 8.26. The Morgan fingerprint density at radius 2 is 2.11 bits per heavy atom. The molecule has 1 unspecified atom stereocenters. The van der Waals surface area contributed by atoms with Crippen LogP contribution in [0.4, 0.5) is 4.79 Å². The highest BCUT2D eigenvalue weighted by molar-refractivity contribution is 6.26. The van der Waals surface area contributed by atoms with Crippen LogP contribution in [0.1, 0.15) is 39.5 Å². The van der Waals surface area contributed by atoms with E-state index in [2.05, 4.69) is 30.7 Å². The van der Waals surface area contributed by atoms with Gasteiger partial charge in [0.1, 0.15) is 0 Å². The van der Waals surface area contributed by atoms with E-state index >= 15 is 0 Å². The van der Waals surface area contributed by atoms with E-state index in [1.54, 1.807) is 0 Å². The van der Waals surface area contributed by atoms with Crippen molar-refractivity contribution < 1.29 is 14.3 Å². The van der Waals surface area contributed by atoms with E-state index in [4.69, 9.17) is 4.74 Å². The molecule has 0 fully saturated rings. The fourth-order valence-corrected chi connectivity index (χ4v) is 1.67. The number of hydrogen-bond donors (Lipinski definition) is 1. The summed E-state index contributed by atoms with van der Waals surface area (Å²) >= 11 is 0. The minimum atomic E-state index is -0.691. The molecule has 5 heteroatoms. The maximum Gasteiger partial charge on any atom is 0.351 e. The predicted molar refractivity (Wildman–Crippen MR) is 69.4 cm³/mol. The molecule has 1 N–H and O–H groups in total. The number of carbonyl (C=O) groups excluding carboxylic acids is 2. The molecular weight excluding hydrogens is 232 g/mol. The zero-order chi connectivity index (χ0) is 13.5. The van der Waals surface area contributed by atoms with Crippen molar-refractivity contribution in [3.63, 3.8) is 0 Å². The topological polar surface area (TPSA) is 67.8 Å². The van der Waals surface area contributed by atoms with Gasteiger partial charge in [0.15, 0.2) is 0 Å². The molecule has 0 radical (unpaired) electrons. The molecule has 18 heavy (non-hydrogen) atoms. The molecule has 0 bridgehead atoms. The van der Waals surface area contributed by atoms with Gasteiger partial charge in [-0.1, -0.05) is 39.7 Å². The van der Waals surface area contributed by atoms with Crippen LogP contribution in [0.3, 0.4) is 0 Å². The van der Waals surface area contributed by atoms with Gasteiger partial charge >= 0.3 is 6.03 Å². The van der Waals surface area contributed by atoms with Crippen LogP contribution in [-0.2, 0) is 9.53 Å². The first-order valence-electron chi connectivity index (χ1n) is 6.34. The summed E-state index contributed by atoms with van der Waals surface area (Å²) in [5.41, 5.74) is 0.111. The van der Waals surface area contributed by atoms with Gasteiger partial charge in [-0.15, -0.1) is 0 Å². The maximum atomic E-state index is 11.3. The number of urea groups is 1. The average molecular weight is 252 g/mol. The number of ether oxygens (including phenoxy) is 1. The van der Waals surface area contributed by atoms with Gasteiger partial charge in [-0.05, 0) is 12.3 Å². The smallest absolute Gasteiger partial charge is 0.351 e. The Kier molecular flexibility index (Phi) is 5.55. The van der Waals surface area contributed by atoms with Gasteiger partial charge in [0.25, 0.3) is 5.91 Å². The lowest BCUT2D eigenvalue weighted by Gasteiger charge is -2.18. The highest BCUT2D eigenvalue weighted by Crippen LogP contribution is 2.14. The van der Waals surface area contributed by atoms with Crippen LogP contribution in [0.25, 0.3) is 0 Å². The van der Waals surface area contributed by atoms with Gasteiger partial charge in [0.2, 0.25) is 5.90 Å². The van der Waals surface area contributed by atoms with Crippen LogP contribution in [0.5, 0.6) is 0 Å². The van der Waals surface area contributed by atoms with Crippen molar-refractivity contribution in [1.82, 2.24) is 5.32 Å². The first-order chi connectivity index (χ1) is 8.58. The Labute approximate surface area is 107 Å². The second-order valence-electron chi connectivity index (χ2n) is 4.38. The van der Waals surface area contributed by atoms with Crippen molar-refractivity contribution in [2.75, 3.05) is 6.61 Å². The Morgan fingerprint density at radius 3 is 2.72 bits per heavy atom. The Balaban J connectivity index is 2.53. The lowest BCUT2D eigenvalue weighted by Crippen LogP contribution is -2.38. The number of imide groups is 1. The van der Waals surface area contributed by atoms with Gasteiger partial charge in [-0.3, -0.25) is 10.1 Å². The zero-order valence-corrected chi connectivity index (χ0v) is 11.0. The van der Waals surface area contributed by atoms with E-state index in [0.717, 1.165) is 25.7 Å². The van der Waals surface area contributed by atoms with Crippen molar-refractivity contribution in [1.29, 1.82) is 0 Å². The summed E-state index contributed by atoms with van der Waals surface area (Å²) in [7, 11) is 0. The molecule has 0 aromatic rings. The largest absolute Gasteiger partial charge is 0.477 e. The van der Waals surface area contributed by atoms with Gasteiger partial charge in [0.05, 0.1) is 12.2 Å². The fraction of sp³-hybridized carbons (Fsp3) is 0.615. The molecule has 1 rings (SSSR count). The van der Waals surface area contributed by atoms with Crippen molar-refractivity contribution in [2.45, 2.75) is 39.5 Å². The van der Waals surface area contributed by atoms with Crippen LogP contribution >= 0.6 is 0 Å². The van der Waals surface area contributed by atoms with Crippen molar-refractivity contribution in [3.8, 4) is 0 Å². The second-order valence-corrected chi connectivity index (χ2v) is 4.38. The SMILES string of the molecule is C=C1C(=O)NC(=O)N=C1OCC(CC)CCCC. The minimum Gasteiger partial charge on any atom is -0.477 e. The quantitative estimate of drug-likeness (QED) is 0.738. The molecule has 5 nitrogen and oxygen atoms in total. The third-order valence-corrected chi connectivity index (χ3v) is 2.95. The second kappa shape index (κ2) is 6.93. The number of nitrogens with zero attached hydrogens (tertiary/aromatic N) is 1. The van der Waals surface area contributed by atoms with E-state index in [-0.39, 0.29) is 11.5 Å². The lowest BCUT2D eigenvalue weighted by atomic mass is 10.0. The van der Waals surface area contributed by atoms with E-state index in [0.29, 0.717) is 12.5 Å². The summed E-state index contributed by atoms with van der Waals surface area (Å²) in [4.78, 5) is 26.0. The fourth-order valence-electron chi connectivity index (χ4n) is 1.67. The summed E-state index contributed by atoms with van der Waals surface area (Å²) in [6.07, 6.45) is 4.37. The number of nitrogens with one attached hydrogen (secondary N) is 1. The lowest BCUT2D eigenvalue weighted by molar-refractivity contribution is -0.116. The molecule has 0 saturated carbocycles. The summed E-state index contributed by atoms with van der Waals surface area (Å²) in [5.74, 6) is -0.0640. The van der Waals surface area contributed by atoms with Crippen LogP contribution in [0, 0.1) is 5.92 Å². The number of hydrogen-bond acceptors (Lipinski definition) is 3. The Hall–Kier alpha value is -1.65. The highest BCUT2D eigenvalue weighted by Gasteiger charge is 2.24. The summed E-state index contributed by atoms with van der Waals surface area (Å²) in [6, 6.07) is -0.691. The van der Waals surface area contributed by atoms with Gasteiger partial charge in [-0.25, -0.2) is 4.79 Å². The number of amides is 3. The van der Waals surface area contributed by atoms with Crippen molar-refractivity contribution in [3.05, 3.63) is 12.2 Å². The standard InChI is InChI=1S/C13H20N2O3/c1-4-6-7-10(5-2)8-18-12-9(3)11(16)14-13(17)15-12/h10H,3-8H2,1-2H3,(H,14,16,17). The molecule has 0 aliphatic carbocycles. The van der Waals surface area contributed by atoms with Gasteiger partial charge in [0, 0.05) is 0 Å². The number of rotatable bonds is 6. The third-order valence-electron chi connectivity index (χ3n) is 2.95. The number of unbranched alkanes of at least 4 members (excludes halogenated alkanes) is 1. The molecule has 0 aromatic carbocycles. The van der Waals surface area contributed by atoms with Crippen LogP contribution in [-0.4, -0.2) is 24.4 Å². The third kappa shape index (κ3) is 3.98. The maximum absolute atomic E-state index is 11.3. The molecule has 1 heterocycles. The van der Waals surface area contributed by atoms with E-state index in [1.165, 1.54) is 0 Å². The average Bonchev–Trinajstić information content (AvgIpc) is 2.35. The molecule has 1 aliphatic rings. The summed E-state index contributed by atoms with van der Waals surface area (Å²) in [5, 5.41) is 2.05. The first-order valence-corrected chi connectivity index (χ1v) is 6.34. The normalized spacial score (nSPS) is 17.2. The monoisotopic (exact) mass is 252 g/mol. The van der Waals surface area contributed by atoms with Crippen molar-refractivity contribution >= 4 is 17.8 Å². The minimum absolute atomic E-state index is 0.0544. The molecule has 0 saturated heterocycles. The van der Waals surface area contributed by atoms with Gasteiger partial charge < -0.3 is 4.74 Å². The number of aliphatic imine (C=N–C) groups is 1. The molecular formula is C13H20N2O3.